The molecule has 0 aliphatic carbocycles. The van der Waals surface area contributed by atoms with E-state index >= 15 is 0 Å². The lowest BCUT2D eigenvalue weighted by molar-refractivity contribution is -0.112. The van der Waals surface area contributed by atoms with E-state index in [0.29, 0.717) is 0 Å². The second-order valence-corrected chi connectivity index (χ2v) is 3.20. The van der Waals surface area contributed by atoms with Crippen LogP contribution in [-0.2, 0) is 4.79 Å². The number of benzene rings is 1. The Bertz CT molecular complexity index is 327. The SMILES string of the molecule is CCC(C)=CC(=O)Nc1ccccc1. The fourth-order valence-corrected chi connectivity index (χ4v) is 1.03. The summed E-state index contributed by atoms with van der Waals surface area (Å²) in [7, 11) is 0. The number of hydrogen-bond donors (Lipinski definition) is 1. The van der Waals surface area contributed by atoms with E-state index in [4.69, 9.17) is 0 Å². The van der Waals surface area contributed by atoms with Gasteiger partial charge in [0, 0.05) is 11.8 Å². The normalized spacial score (nSPS) is 11.1. The highest BCUT2D eigenvalue weighted by Crippen LogP contribution is 2.06. The summed E-state index contributed by atoms with van der Waals surface area (Å²) in [6.07, 6.45) is 2.54. The number of carbonyl (C=O) groups excluding carboxylic acids is 1. The van der Waals surface area contributed by atoms with Crippen LogP contribution in [0.5, 0.6) is 0 Å². The topological polar surface area (TPSA) is 29.1 Å². The van der Waals surface area contributed by atoms with Gasteiger partial charge in [-0.2, -0.15) is 0 Å². The third-order valence-corrected chi connectivity index (χ3v) is 1.98. The summed E-state index contributed by atoms with van der Waals surface area (Å²) in [4.78, 5) is 11.4. The minimum atomic E-state index is -0.0597. The van der Waals surface area contributed by atoms with Gasteiger partial charge in [0.15, 0.2) is 0 Å². The molecule has 14 heavy (non-hydrogen) atoms. The lowest BCUT2D eigenvalue weighted by Crippen LogP contribution is -2.08. The van der Waals surface area contributed by atoms with Gasteiger partial charge in [-0.25, -0.2) is 0 Å². The Hall–Kier alpha value is -1.57. The van der Waals surface area contributed by atoms with Crippen LogP contribution in [0.25, 0.3) is 0 Å². The van der Waals surface area contributed by atoms with Crippen molar-refractivity contribution in [2.75, 3.05) is 5.32 Å². The Kier molecular flexibility index (Phi) is 3.92. The van der Waals surface area contributed by atoms with E-state index in [1.165, 1.54) is 0 Å². The quantitative estimate of drug-likeness (QED) is 0.728. The molecule has 0 aliphatic rings. The maximum Gasteiger partial charge on any atom is 0.248 e. The molecule has 2 heteroatoms. The summed E-state index contributed by atoms with van der Waals surface area (Å²) in [5, 5.41) is 2.79. The molecule has 0 unspecified atom stereocenters. The van der Waals surface area contributed by atoms with E-state index in [-0.39, 0.29) is 5.91 Å². The molecule has 0 aliphatic heterocycles. The average molecular weight is 189 g/mol. The Morgan fingerprint density at radius 3 is 2.57 bits per heavy atom. The van der Waals surface area contributed by atoms with Crippen molar-refractivity contribution in [3.8, 4) is 0 Å². The van der Waals surface area contributed by atoms with Crippen molar-refractivity contribution in [3.63, 3.8) is 0 Å². The number of carbonyl (C=O) groups is 1. The molecule has 0 saturated heterocycles. The van der Waals surface area contributed by atoms with Crippen LogP contribution in [0.15, 0.2) is 42.0 Å². The van der Waals surface area contributed by atoms with E-state index in [9.17, 15) is 4.79 Å². The Morgan fingerprint density at radius 2 is 2.00 bits per heavy atom. The first-order valence-electron chi connectivity index (χ1n) is 4.75. The zero-order chi connectivity index (χ0) is 10.4. The van der Waals surface area contributed by atoms with E-state index in [1.54, 1.807) is 6.08 Å². The molecule has 0 heterocycles. The molecule has 0 bridgehead atoms. The molecule has 0 radical (unpaired) electrons. The van der Waals surface area contributed by atoms with Gasteiger partial charge in [-0.3, -0.25) is 4.79 Å². The first-order chi connectivity index (χ1) is 6.72. The summed E-state index contributed by atoms with van der Waals surface area (Å²) in [5.41, 5.74) is 1.91. The predicted molar refractivity (Wildman–Crippen MR) is 59.1 cm³/mol. The summed E-state index contributed by atoms with van der Waals surface area (Å²) in [6.45, 7) is 3.98. The van der Waals surface area contributed by atoms with Crippen LogP contribution >= 0.6 is 0 Å². The van der Waals surface area contributed by atoms with Gasteiger partial charge in [-0.1, -0.05) is 30.7 Å². The molecular weight excluding hydrogens is 174 g/mol. The predicted octanol–water partition coefficient (Wildman–Crippen LogP) is 2.98. The second-order valence-electron chi connectivity index (χ2n) is 3.20. The molecule has 0 aromatic heterocycles. The molecule has 1 aromatic carbocycles. The minimum absolute atomic E-state index is 0.0597. The third kappa shape index (κ3) is 3.44. The van der Waals surface area contributed by atoms with Gasteiger partial charge in [0.05, 0.1) is 0 Å². The highest BCUT2D eigenvalue weighted by Gasteiger charge is 1.97. The van der Waals surface area contributed by atoms with Gasteiger partial charge in [0.25, 0.3) is 0 Å². The molecule has 0 fully saturated rings. The Balaban J connectivity index is 2.58. The molecule has 74 valence electrons. The smallest absolute Gasteiger partial charge is 0.248 e. The number of allylic oxidation sites excluding steroid dienone is 1. The van der Waals surface area contributed by atoms with E-state index in [2.05, 4.69) is 5.32 Å². The molecule has 0 spiro atoms. The summed E-state index contributed by atoms with van der Waals surface area (Å²) >= 11 is 0. The fraction of sp³-hybridized carbons (Fsp3) is 0.250. The third-order valence-electron chi connectivity index (χ3n) is 1.98. The first kappa shape index (κ1) is 10.5. The number of para-hydroxylation sites is 1. The molecule has 1 N–H and O–H groups in total. The molecule has 1 aromatic rings. The maximum atomic E-state index is 11.4. The van der Waals surface area contributed by atoms with E-state index in [1.807, 2.05) is 44.2 Å². The van der Waals surface area contributed by atoms with Crippen molar-refractivity contribution in [1.29, 1.82) is 0 Å². The van der Waals surface area contributed by atoms with Crippen molar-refractivity contribution in [1.82, 2.24) is 0 Å². The zero-order valence-electron chi connectivity index (χ0n) is 8.58. The van der Waals surface area contributed by atoms with Crippen LogP contribution < -0.4 is 5.32 Å². The summed E-state index contributed by atoms with van der Waals surface area (Å²) in [6, 6.07) is 9.45. The lowest BCUT2D eigenvalue weighted by atomic mass is 10.2. The fourth-order valence-electron chi connectivity index (χ4n) is 1.03. The first-order valence-corrected chi connectivity index (χ1v) is 4.75. The van der Waals surface area contributed by atoms with Crippen molar-refractivity contribution in [3.05, 3.63) is 42.0 Å². The van der Waals surface area contributed by atoms with E-state index < -0.39 is 0 Å². The highest BCUT2D eigenvalue weighted by molar-refractivity contribution is 5.99. The Labute approximate surface area is 84.6 Å². The van der Waals surface area contributed by atoms with Gasteiger partial charge in [0.1, 0.15) is 0 Å². The molecule has 2 nitrogen and oxygen atoms in total. The monoisotopic (exact) mass is 189 g/mol. The Morgan fingerprint density at radius 1 is 1.36 bits per heavy atom. The summed E-state index contributed by atoms with van der Waals surface area (Å²) < 4.78 is 0. The van der Waals surface area contributed by atoms with E-state index in [0.717, 1.165) is 17.7 Å². The van der Waals surface area contributed by atoms with Crippen LogP contribution in [-0.4, -0.2) is 5.91 Å². The van der Waals surface area contributed by atoms with Gasteiger partial charge in [0.2, 0.25) is 5.91 Å². The van der Waals surface area contributed by atoms with Crippen LogP contribution in [0.4, 0.5) is 5.69 Å². The number of rotatable bonds is 3. The van der Waals surface area contributed by atoms with Gasteiger partial charge < -0.3 is 5.32 Å². The van der Waals surface area contributed by atoms with Crippen LogP contribution in [0.2, 0.25) is 0 Å². The van der Waals surface area contributed by atoms with Crippen molar-refractivity contribution in [2.45, 2.75) is 20.3 Å². The second kappa shape index (κ2) is 5.22. The van der Waals surface area contributed by atoms with Crippen LogP contribution in [0.3, 0.4) is 0 Å². The number of anilines is 1. The van der Waals surface area contributed by atoms with Crippen molar-refractivity contribution in [2.24, 2.45) is 0 Å². The number of nitrogens with one attached hydrogen (secondary N) is 1. The van der Waals surface area contributed by atoms with Gasteiger partial charge >= 0.3 is 0 Å². The molecule has 1 amide bonds. The minimum Gasteiger partial charge on any atom is -0.323 e. The van der Waals surface area contributed by atoms with Crippen LogP contribution in [0.1, 0.15) is 20.3 Å². The van der Waals surface area contributed by atoms with Crippen LogP contribution in [0, 0.1) is 0 Å². The van der Waals surface area contributed by atoms with Crippen molar-refractivity contribution >= 4 is 11.6 Å². The standard InChI is InChI=1S/C12H15NO/c1-3-10(2)9-12(14)13-11-7-5-4-6-8-11/h4-9H,3H2,1-2H3,(H,13,14). The molecule has 0 atom stereocenters. The van der Waals surface area contributed by atoms with Gasteiger partial charge in [-0.05, 0) is 25.5 Å². The molecular formula is C12H15NO. The molecule has 0 saturated carbocycles. The molecule has 1 rings (SSSR count). The zero-order valence-corrected chi connectivity index (χ0v) is 8.58. The number of amides is 1. The summed E-state index contributed by atoms with van der Waals surface area (Å²) in [5.74, 6) is -0.0597. The average Bonchev–Trinajstić information content (AvgIpc) is 2.19. The number of hydrogen-bond acceptors (Lipinski definition) is 1. The van der Waals surface area contributed by atoms with Gasteiger partial charge in [-0.15, -0.1) is 0 Å². The maximum absolute atomic E-state index is 11.4. The van der Waals surface area contributed by atoms with Crippen molar-refractivity contribution < 1.29 is 4.79 Å². The largest absolute Gasteiger partial charge is 0.323 e. The lowest BCUT2D eigenvalue weighted by Gasteiger charge is -2.01. The highest BCUT2D eigenvalue weighted by atomic mass is 16.1.